The molecule has 0 bridgehead atoms. The first-order chi connectivity index (χ1) is 12.7. The molecule has 1 aliphatic rings. The van der Waals surface area contributed by atoms with Gasteiger partial charge in [-0.2, -0.15) is 0 Å². The SMILES string of the molecule is COc1cccc(OC)c1C(=O)NCC(c1ccco1)N1CCOCC1. The van der Waals surface area contributed by atoms with E-state index in [4.69, 9.17) is 18.6 Å². The monoisotopic (exact) mass is 360 g/mol. The summed E-state index contributed by atoms with van der Waals surface area (Å²) in [7, 11) is 3.07. The number of morpholine rings is 1. The Labute approximate surface area is 152 Å². The molecule has 7 nitrogen and oxygen atoms in total. The van der Waals surface area contributed by atoms with Crippen LogP contribution in [0.1, 0.15) is 22.2 Å². The summed E-state index contributed by atoms with van der Waals surface area (Å²) in [5.74, 6) is 1.52. The van der Waals surface area contributed by atoms with Gasteiger partial charge in [0.25, 0.3) is 5.91 Å². The molecule has 3 rings (SSSR count). The van der Waals surface area contributed by atoms with Gasteiger partial charge in [0.05, 0.1) is 39.7 Å². The molecule has 1 aromatic carbocycles. The summed E-state index contributed by atoms with van der Waals surface area (Å²) in [5, 5.41) is 2.99. The van der Waals surface area contributed by atoms with Crippen LogP contribution in [0, 0.1) is 0 Å². The molecule has 1 aromatic heterocycles. The molecule has 0 spiro atoms. The van der Waals surface area contributed by atoms with Crippen molar-refractivity contribution in [3.05, 3.63) is 47.9 Å². The summed E-state index contributed by atoms with van der Waals surface area (Å²) in [5.41, 5.74) is 0.387. The zero-order chi connectivity index (χ0) is 18.4. The number of carbonyl (C=O) groups is 1. The Morgan fingerprint density at radius 2 is 1.85 bits per heavy atom. The predicted octanol–water partition coefficient (Wildman–Crippen LogP) is 2.10. The number of furan rings is 1. The van der Waals surface area contributed by atoms with Crippen molar-refractivity contribution in [3.8, 4) is 11.5 Å². The lowest BCUT2D eigenvalue weighted by molar-refractivity contribution is 0.0118. The largest absolute Gasteiger partial charge is 0.496 e. The van der Waals surface area contributed by atoms with Crippen molar-refractivity contribution in [2.75, 3.05) is 47.1 Å². The highest BCUT2D eigenvalue weighted by Crippen LogP contribution is 2.28. The topological polar surface area (TPSA) is 73.2 Å². The van der Waals surface area contributed by atoms with Crippen LogP contribution in [-0.4, -0.2) is 57.9 Å². The molecule has 1 atom stereocenters. The second-order valence-corrected chi connectivity index (χ2v) is 5.93. The fraction of sp³-hybridized carbons (Fsp3) is 0.421. The van der Waals surface area contributed by atoms with E-state index in [0.29, 0.717) is 36.8 Å². The van der Waals surface area contributed by atoms with Crippen LogP contribution in [0.2, 0.25) is 0 Å². The highest BCUT2D eigenvalue weighted by molar-refractivity contribution is 5.99. The molecule has 140 valence electrons. The number of hydrogen-bond acceptors (Lipinski definition) is 6. The Hall–Kier alpha value is -2.51. The van der Waals surface area contributed by atoms with Crippen LogP contribution >= 0.6 is 0 Å². The summed E-state index contributed by atoms with van der Waals surface area (Å²) in [6.45, 7) is 3.34. The maximum absolute atomic E-state index is 12.8. The summed E-state index contributed by atoms with van der Waals surface area (Å²) >= 11 is 0. The van der Waals surface area contributed by atoms with Crippen molar-refractivity contribution in [1.29, 1.82) is 0 Å². The van der Waals surface area contributed by atoms with Crippen molar-refractivity contribution in [3.63, 3.8) is 0 Å². The number of amides is 1. The lowest BCUT2D eigenvalue weighted by atomic mass is 10.1. The fourth-order valence-corrected chi connectivity index (χ4v) is 3.13. The van der Waals surface area contributed by atoms with Gasteiger partial charge in [-0.1, -0.05) is 6.07 Å². The van der Waals surface area contributed by atoms with Crippen LogP contribution in [0.5, 0.6) is 11.5 Å². The zero-order valence-electron chi connectivity index (χ0n) is 15.1. The number of ether oxygens (including phenoxy) is 3. The molecule has 0 saturated carbocycles. The first kappa shape index (κ1) is 18.3. The second-order valence-electron chi connectivity index (χ2n) is 5.93. The number of nitrogens with one attached hydrogen (secondary N) is 1. The summed E-state index contributed by atoms with van der Waals surface area (Å²) in [6.07, 6.45) is 1.65. The second kappa shape index (κ2) is 8.73. The van der Waals surface area contributed by atoms with E-state index in [9.17, 15) is 4.79 Å². The predicted molar refractivity (Wildman–Crippen MR) is 95.7 cm³/mol. The van der Waals surface area contributed by atoms with Crippen LogP contribution in [0.25, 0.3) is 0 Å². The Kier molecular flexibility index (Phi) is 6.14. The number of hydrogen-bond donors (Lipinski definition) is 1. The van der Waals surface area contributed by atoms with Gasteiger partial charge in [-0.15, -0.1) is 0 Å². The van der Waals surface area contributed by atoms with Crippen molar-refractivity contribution < 1.29 is 23.4 Å². The zero-order valence-corrected chi connectivity index (χ0v) is 15.1. The lowest BCUT2D eigenvalue weighted by Crippen LogP contribution is -2.43. The average Bonchev–Trinajstić information content (AvgIpc) is 3.22. The molecule has 7 heteroatoms. The molecule has 1 aliphatic heterocycles. The highest BCUT2D eigenvalue weighted by Gasteiger charge is 2.26. The molecule has 2 aromatic rings. The Morgan fingerprint density at radius 3 is 2.42 bits per heavy atom. The van der Waals surface area contributed by atoms with Gasteiger partial charge in [0.2, 0.25) is 0 Å². The standard InChI is InChI=1S/C19H24N2O5/c1-23-16-5-3-6-17(24-2)18(16)19(22)20-13-14(15-7-4-10-26-15)21-8-11-25-12-9-21/h3-7,10,14H,8-9,11-13H2,1-2H3,(H,20,22). The third-order valence-electron chi connectivity index (χ3n) is 4.47. The van der Waals surface area contributed by atoms with E-state index < -0.39 is 0 Å². The van der Waals surface area contributed by atoms with Gasteiger partial charge in [0.15, 0.2) is 0 Å². The molecular weight excluding hydrogens is 336 g/mol. The smallest absolute Gasteiger partial charge is 0.258 e. The molecule has 1 fully saturated rings. The van der Waals surface area contributed by atoms with Crippen LogP contribution < -0.4 is 14.8 Å². The Bertz CT molecular complexity index is 688. The van der Waals surface area contributed by atoms with Crippen LogP contribution in [0.15, 0.2) is 41.0 Å². The van der Waals surface area contributed by atoms with E-state index in [2.05, 4.69) is 10.2 Å². The minimum atomic E-state index is -0.246. The number of methoxy groups -OCH3 is 2. The number of rotatable bonds is 7. The molecular formula is C19H24N2O5. The fourth-order valence-electron chi connectivity index (χ4n) is 3.13. The third kappa shape index (κ3) is 4.00. The maximum Gasteiger partial charge on any atom is 0.258 e. The van der Waals surface area contributed by atoms with Crippen LogP contribution in [0.4, 0.5) is 0 Å². The molecule has 1 unspecified atom stereocenters. The molecule has 1 amide bonds. The van der Waals surface area contributed by atoms with E-state index in [-0.39, 0.29) is 11.9 Å². The van der Waals surface area contributed by atoms with Crippen molar-refractivity contribution in [2.45, 2.75) is 6.04 Å². The van der Waals surface area contributed by atoms with Crippen LogP contribution in [0.3, 0.4) is 0 Å². The quantitative estimate of drug-likeness (QED) is 0.815. The lowest BCUT2D eigenvalue weighted by Gasteiger charge is -2.33. The molecule has 0 aliphatic carbocycles. The maximum atomic E-state index is 12.8. The van der Waals surface area contributed by atoms with Gasteiger partial charge in [0, 0.05) is 19.6 Å². The summed E-state index contributed by atoms with van der Waals surface area (Å²) in [6, 6.07) is 8.99. The Balaban J connectivity index is 1.76. The highest BCUT2D eigenvalue weighted by atomic mass is 16.5. The minimum Gasteiger partial charge on any atom is -0.496 e. The molecule has 1 saturated heterocycles. The van der Waals surface area contributed by atoms with Crippen LogP contribution in [-0.2, 0) is 4.74 Å². The first-order valence-electron chi connectivity index (χ1n) is 8.59. The van der Waals surface area contributed by atoms with Gasteiger partial charge in [-0.05, 0) is 24.3 Å². The molecule has 0 radical (unpaired) electrons. The third-order valence-corrected chi connectivity index (χ3v) is 4.47. The van der Waals surface area contributed by atoms with Gasteiger partial charge in [0.1, 0.15) is 22.8 Å². The van der Waals surface area contributed by atoms with Gasteiger partial charge < -0.3 is 23.9 Å². The number of nitrogens with zero attached hydrogens (tertiary/aromatic N) is 1. The van der Waals surface area contributed by atoms with Gasteiger partial charge in [-0.25, -0.2) is 0 Å². The van der Waals surface area contributed by atoms with Gasteiger partial charge in [-0.3, -0.25) is 9.69 Å². The normalized spacial score (nSPS) is 16.1. The van der Waals surface area contributed by atoms with E-state index in [1.807, 2.05) is 12.1 Å². The van der Waals surface area contributed by atoms with Crippen molar-refractivity contribution in [2.24, 2.45) is 0 Å². The molecule has 2 heterocycles. The molecule has 26 heavy (non-hydrogen) atoms. The summed E-state index contributed by atoms with van der Waals surface area (Å²) < 4.78 is 21.7. The van der Waals surface area contributed by atoms with Gasteiger partial charge >= 0.3 is 0 Å². The van der Waals surface area contributed by atoms with E-state index >= 15 is 0 Å². The van der Waals surface area contributed by atoms with E-state index in [1.165, 1.54) is 14.2 Å². The Morgan fingerprint density at radius 1 is 1.15 bits per heavy atom. The molecule has 1 N–H and O–H groups in total. The number of carbonyl (C=O) groups excluding carboxylic acids is 1. The van der Waals surface area contributed by atoms with E-state index in [1.54, 1.807) is 24.5 Å². The first-order valence-corrected chi connectivity index (χ1v) is 8.59. The summed E-state index contributed by atoms with van der Waals surface area (Å²) in [4.78, 5) is 15.1. The van der Waals surface area contributed by atoms with E-state index in [0.717, 1.165) is 18.8 Å². The minimum absolute atomic E-state index is 0.0569. The average molecular weight is 360 g/mol. The van der Waals surface area contributed by atoms with Crippen molar-refractivity contribution >= 4 is 5.91 Å². The van der Waals surface area contributed by atoms with Crippen molar-refractivity contribution in [1.82, 2.24) is 10.2 Å². The number of benzene rings is 1.